The molecule has 2 nitrogen and oxygen atoms in total. The number of rotatable bonds is 4. The Balaban J connectivity index is 2.22. The van der Waals surface area contributed by atoms with Crippen LogP contribution in [0.5, 0.6) is 0 Å². The van der Waals surface area contributed by atoms with Crippen molar-refractivity contribution in [3.8, 4) is 0 Å². The molecule has 1 unspecified atom stereocenters. The predicted octanol–water partition coefficient (Wildman–Crippen LogP) is 3.77. The van der Waals surface area contributed by atoms with E-state index >= 15 is 0 Å². The van der Waals surface area contributed by atoms with E-state index in [4.69, 9.17) is 0 Å². The zero-order valence-electron chi connectivity index (χ0n) is 10.1. The van der Waals surface area contributed by atoms with Crippen molar-refractivity contribution in [2.24, 2.45) is 5.92 Å². The standard InChI is InChI=1S/C14H18O2S/c1-17-12-8-6-11(7-9-12)13(14(15)16)10-4-2-3-5-10/h6-10,13H,2-5H2,1H3,(H,15,16). The number of hydrogen-bond acceptors (Lipinski definition) is 2. The monoisotopic (exact) mass is 250 g/mol. The topological polar surface area (TPSA) is 37.3 Å². The van der Waals surface area contributed by atoms with Gasteiger partial charge in [-0.3, -0.25) is 4.79 Å². The first-order chi connectivity index (χ1) is 8.22. The molecule has 1 aromatic rings. The van der Waals surface area contributed by atoms with Gasteiger partial charge in [-0.15, -0.1) is 11.8 Å². The molecule has 1 aliphatic carbocycles. The zero-order chi connectivity index (χ0) is 12.3. The quantitative estimate of drug-likeness (QED) is 0.827. The van der Waals surface area contributed by atoms with Gasteiger partial charge in [-0.2, -0.15) is 0 Å². The Bertz CT molecular complexity index is 380. The fourth-order valence-electron chi connectivity index (χ4n) is 2.72. The molecular weight excluding hydrogens is 232 g/mol. The van der Waals surface area contributed by atoms with E-state index in [0.29, 0.717) is 5.92 Å². The van der Waals surface area contributed by atoms with E-state index in [-0.39, 0.29) is 5.92 Å². The van der Waals surface area contributed by atoms with Crippen molar-refractivity contribution in [3.05, 3.63) is 29.8 Å². The summed E-state index contributed by atoms with van der Waals surface area (Å²) in [5.41, 5.74) is 0.960. The number of thioether (sulfide) groups is 1. The Morgan fingerprint density at radius 1 is 1.29 bits per heavy atom. The van der Waals surface area contributed by atoms with Crippen LogP contribution in [0.3, 0.4) is 0 Å². The van der Waals surface area contributed by atoms with Crippen LogP contribution in [-0.4, -0.2) is 17.3 Å². The first kappa shape index (κ1) is 12.5. The molecule has 0 aliphatic heterocycles. The number of hydrogen-bond donors (Lipinski definition) is 1. The summed E-state index contributed by atoms with van der Waals surface area (Å²) in [7, 11) is 0. The van der Waals surface area contributed by atoms with E-state index in [0.717, 1.165) is 18.4 Å². The average Bonchev–Trinajstić information content (AvgIpc) is 2.83. The van der Waals surface area contributed by atoms with Crippen LogP contribution in [0, 0.1) is 5.92 Å². The Labute approximate surface area is 106 Å². The molecule has 0 aromatic heterocycles. The second kappa shape index (κ2) is 5.58. The lowest BCUT2D eigenvalue weighted by Gasteiger charge is -2.19. The fourth-order valence-corrected chi connectivity index (χ4v) is 3.13. The molecular formula is C14H18O2S. The van der Waals surface area contributed by atoms with Crippen molar-refractivity contribution in [2.75, 3.05) is 6.26 Å². The van der Waals surface area contributed by atoms with Crippen molar-refractivity contribution < 1.29 is 9.90 Å². The minimum atomic E-state index is -0.672. The number of carboxylic acid groups (broad SMARTS) is 1. The van der Waals surface area contributed by atoms with Crippen molar-refractivity contribution in [1.29, 1.82) is 0 Å². The second-order valence-electron chi connectivity index (χ2n) is 4.63. The highest BCUT2D eigenvalue weighted by Gasteiger charge is 2.31. The van der Waals surface area contributed by atoms with Crippen molar-refractivity contribution in [1.82, 2.24) is 0 Å². The van der Waals surface area contributed by atoms with Crippen LogP contribution in [0.2, 0.25) is 0 Å². The Morgan fingerprint density at radius 3 is 2.35 bits per heavy atom. The van der Waals surface area contributed by atoms with Gasteiger partial charge in [0.05, 0.1) is 5.92 Å². The number of carbonyl (C=O) groups is 1. The Morgan fingerprint density at radius 2 is 1.88 bits per heavy atom. The molecule has 2 rings (SSSR count). The Kier molecular flexibility index (Phi) is 4.11. The maximum atomic E-state index is 11.4. The van der Waals surface area contributed by atoms with E-state index < -0.39 is 5.97 Å². The lowest BCUT2D eigenvalue weighted by Crippen LogP contribution is -2.19. The molecule has 1 saturated carbocycles. The second-order valence-corrected chi connectivity index (χ2v) is 5.51. The average molecular weight is 250 g/mol. The molecule has 1 atom stereocenters. The van der Waals surface area contributed by atoms with Gasteiger partial charge in [-0.05, 0) is 42.7 Å². The molecule has 0 amide bonds. The van der Waals surface area contributed by atoms with Gasteiger partial charge in [0.25, 0.3) is 0 Å². The molecule has 1 N–H and O–H groups in total. The maximum Gasteiger partial charge on any atom is 0.311 e. The minimum absolute atomic E-state index is 0.312. The van der Waals surface area contributed by atoms with Crippen LogP contribution in [-0.2, 0) is 4.79 Å². The van der Waals surface area contributed by atoms with Gasteiger partial charge in [0.2, 0.25) is 0 Å². The number of carboxylic acids is 1. The van der Waals surface area contributed by atoms with Gasteiger partial charge in [-0.25, -0.2) is 0 Å². The summed E-state index contributed by atoms with van der Waals surface area (Å²) >= 11 is 1.68. The van der Waals surface area contributed by atoms with Crippen molar-refractivity contribution in [2.45, 2.75) is 36.5 Å². The summed E-state index contributed by atoms with van der Waals surface area (Å²) < 4.78 is 0. The van der Waals surface area contributed by atoms with E-state index in [9.17, 15) is 9.90 Å². The lowest BCUT2D eigenvalue weighted by molar-refractivity contribution is -0.140. The first-order valence-corrected chi connectivity index (χ1v) is 7.31. The van der Waals surface area contributed by atoms with Gasteiger partial charge in [0.1, 0.15) is 0 Å². The molecule has 0 saturated heterocycles. The van der Waals surface area contributed by atoms with Gasteiger partial charge in [0, 0.05) is 4.90 Å². The van der Waals surface area contributed by atoms with Crippen LogP contribution in [0.15, 0.2) is 29.2 Å². The molecule has 92 valence electrons. The molecule has 1 fully saturated rings. The lowest BCUT2D eigenvalue weighted by atomic mass is 9.85. The van der Waals surface area contributed by atoms with Crippen LogP contribution in [0.4, 0.5) is 0 Å². The largest absolute Gasteiger partial charge is 0.481 e. The summed E-state index contributed by atoms with van der Waals surface area (Å²) in [6.07, 6.45) is 6.50. The molecule has 1 aromatic carbocycles. The summed E-state index contributed by atoms with van der Waals surface area (Å²) in [6.45, 7) is 0. The third-order valence-corrected chi connectivity index (χ3v) is 4.36. The van der Waals surface area contributed by atoms with Crippen molar-refractivity contribution >= 4 is 17.7 Å². The van der Waals surface area contributed by atoms with Crippen LogP contribution in [0.25, 0.3) is 0 Å². The van der Waals surface area contributed by atoms with Crippen molar-refractivity contribution in [3.63, 3.8) is 0 Å². The third-order valence-electron chi connectivity index (χ3n) is 3.61. The smallest absolute Gasteiger partial charge is 0.311 e. The molecule has 0 spiro atoms. The van der Waals surface area contributed by atoms with Crippen LogP contribution in [0.1, 0.15) is 37.2 Å². The van der Waals surface area contributed by atoms with E-state index in [2.05, 4.69) is 0 Å². The van der Waals surface area contributed by atoms with Crippen LogP contribution >= 0.6 is 11.8 Å². The molecule has 17 heavy (non-hydrogen) atoms. The summed E-state index contributed by atoms with van der Waals surface area (Å²) in [5, 5.41) is 9.41. The van der Waals surface area contributed by atoms with Gasteiger partial charge in [0.15, 0.2) is 0 Å². The number of benzene rings is 1. The van der Waals surface area contributed by atoms with Gasteiger partial charge >= 0.3 is 5.97 Å². The normalized spacial score (nSPS) is 18.2. The third kappa shape index (κ3) is 2.83. The molecule has 0 bridgehead atoms. The van der Waals surface area contributed by atoms with Gasteiger partial charge < -0.3 is 5.11 Å². The van der Waals surface area contributed by atoms with E-state index in [1.165, 1.54) is 17.7 Å². The summed E-state index contributed by atoms with van der Waals surface area (Å²) in [5.74, 6) is -0.658. The Hall–Kier alpha value is -0.960. The van der Waals surface area contributed by atoms with E-state index in [1.54, 1.807) is 11.8 Å². The van der Waals surface area contributed by atoms with Gasteiger partial charge in [-0.1, -0.05) is 25.0 Å². The molecule has 3 heteroatoms. The highest BCUT2D eigenvalue weighted by Crippen LogP contribution is 2.37. The fraction of sp³-hybridized carbons (Fsp3) is 0.500. The molecule has 0 heterocycles. The summed E-state index contributed by atoms with van der Waals surface area (Å²) in [4.78, 5) is 12.6. The molecule has 0 radical (unpaired) electrons. The van der Waals surface area contributed by atoms with Crippen LogP contribution < -0.4 is 0 Å². The maximum absolute atomic E-state index is 11.4. The zero-order valence-corrected chi connectivity index (χ0v) is 10.9. The summed E-state index contributed by atoms with van der Waals surface area (Å²) in [6, 6.07) is 7.99. The molecule has 1 aliphatic rings. The number of aliphatic carboxylic acids is 1. The first-order valence-electron chi connectivity index (χ1n) is 6.09. The SMILES string of the molecule is CSc1ccc(C(C(=O)O)C2CCCC2)cc1. The predicted molar refractivity (Wildman–Crippen MR) is 70.6 cm³/mol. The highest BCUT2D eigenvalue weighted by atomic mass is 32.2. The van der Waals surface area contributed by atoms with E-state index in [1.807, 2.05) is 30.5 Å². The highest BCUT2D eigenvalue weighted by molar-refractivity contribution is 7.98. The minimum Gasteiger partial charge on any atom is -0.481 e.